The topological polar surface area (TPSA) is 64.6 Å². The predicted molar refractivity (Wildman–Crippen MR) is 86.2 cm³/mol. The third-order valence-electron chi connectivity index (χ3n) is 3.92. The monoisotopic (exact) mass is 311 g/mol. The lowest BCUT2D eigenvalue weighted by Crippen LogP contribution is -2.50. The first-order valence-corrected chi connectivity index (χ1v) is 7.51. The van der Waals surface area contributed by atoms with Crippen LogP contribution in [0.3, 0.4) is 0 Å². The first-order chi connectivity index (χ1) is 9.97. The van der Waals surface area contributed by atoms with Gasteiger partial charge in [-0.1, -0.05) is 30.5 Å². The van der Waals surface area contributed by atoms with Gasteiger partial charge in [0.15, 0.2) is 0 Å². The van der Waals surface area contributed by atoms with Gasteiger partial charge in [-0.15, -0.1) is 0 Å². The molecule has 2 amide bonds. The van der Waals surface area contributed by atoms with Crippen molar-refractivity contribution in [1.29, 1.82) is 0 Å². The highest BCUT2D eigenvalue weighted by Crippen LogP contribution is 2.33. The molecule has 1 aliphatic rings. The van der Waals surface area contributed by atoms with E-state index in [2.05, 4.69) is 10.6 Å². The number of urea groups is 1. The molecule has 0 heterocycles. The second-order valence-electron chi connectivity index (χ2n) is 5.76. The van der Waals surface area contributed by atoms with E-state index in [1.165, 1.54) is 0 Å². The van der Waals surface area contributed by atoms with Crippen molar-refractivity contribution in [2.45, 2.75) is 31.2 Å². The largest absolute Gasteiger partial charge is 0.394 e. The van der Waals surface area contributed by atoms with Crippen LogP contribution in [-0.4, -0.2) is 37.4 Å². The van der Waals surface area contributed by atoms with Gasteiger partial charge >= 0.3 is 6.03 Å². The maximum absolute atomic E-state index is 12.2. The maximum Gasteiger partial charge on any atom is 0.319 e. The fraction of sp³-hybridized carbons (Fsp3) is 0.533. The van der Waals surface area contributed by atoms with Crippen LogP contribution in [0.4, 0.5) is 16.2 Å². The highest BCUT2D eigenvalue weighted by molar-refractivity contribution is 6.34. The number of rotatable bonds is 4. The number of hydrogen-bond acceptors (Lipinski definition) is 3. The van der Waals surface area contributed by atoms with E-state index in [0.29, 0.717) is 10.7 Å². The van der Waals surface area contributed by atoms with Crippen LogP contribution in [0.25, 0.3) is 0 Å². The Balaban J connectivity index is 2.11. The van der Waals surface area contributed by atoms with Crippen molar-refractivity contribution in [2.75, 3.05) is 30.9 Å². The lowest BCUT2D eigenvalue weighted by atomic mass is 9.99. The fourth-order valence-corrected chi connectivity index (χ4v) is 3.18. The van der Waals surface area contributed by atoms with Crippen molar-refractivity contribution in [3.8, 4) is 0 Å². The Morgan fingerprint density at radius 3 is 2.62 bits per heavy atom. The molecule has 0 atom stereocenters. The fourth-order valence-electron chi connectivity index (χ4n) is 2.84. The Kier molecular flexibility index (Phi) is 4.96. The minimum Gasteiger partial charge on any atom is -0.394 e. The van der Waals surface area contributed by atoms with E-state index in [-0.39, 0.29) is 12.6 Å². The summed E-state index contributed by atoms with van der Waals surface area (Å²) >= 11 is 6.18. The van der Waals surface area contributed by atoms with E-state index < -0.39 is 5.54 Å². The second kappa shape index (κ2) is 6.54. The summed E-state index contributed by atoms with van der Waals surface area (Å²) < 4.78 is 0. The molecule has 0 radical (unpaired) electrons. The average Bonchev–Trinajstić information content (AvgIpc) is 2.87. The van der Waals surface area contributed by atoms with E-state index in [4.69, 9.17) is 11.6 Å². The normalized spacial score (nSPS) is 16.6. The molecule has 1 aromatic rings. The SMILES string of the molecule is CN(C)c1c(Cl)cccc1NC(=O)NC1(CO)CCCC1. The van der Waals surface area contributed by atoms with Crippen molar-refractivity contribution in [3.63, 3.8) is 0 Å². The van der Waals surface area contributed by atoms with Gasteiger partial charge in [0.1, 0.15) is 0 Å². The number of aliphatic hydroxyl groups is 1. The van der Waals surface area contributed by atoms with Crippen LogP contribution >= 0.6 is 11.6 Å². The summed E-state index contributed by atoms with van der Waals surface area (Å²) in [4.78, 5) is 14.1. The summed E-state index contributed by atoms with van der Waals surface area (Å²) in [5.41, 5.74) is 0.927. The zero-order chi connectivity index (χ0) is 15.5. The zero-order valence-corrected chi connectivity index (χ0v) is 13.2. The number of nitrogens with zero attached hydrogens (tertiary/aromatic N) is 1. The van der Waals surface area contributed by atoms with Crippen LogP contribution in [0.2, 0.25) is 5.02 Å². The molecule has 1 aromatic carbocycles. The van der Waals surface area contributed by atoms with Crippen LogP contribution in [0.5, 0.6) is 0 Å². The summed E-state index contributed by atoms with van der Waals surface area (Å²) in [5, 5.41) is 15.9. The lowest BCUT2D eigenvalue weighted by Gasteiger charge is -2.28. The molecule has 21 heavy (non-hydrogen) atoms. The Morgan fingerprint density at radius 1 is 1.38 bits per heavy atom. The number of amides is 2. The molecule has 0 aliphatic heterocycles. The van der Waals surface area contributed by atoms with Gasteiger partial charge in [0.25, 0.3) is 0 Å². The highest BCUT2D eigenvalue weighted by Gasteiger charge is 2.34. The highest BCUT2D eigenvalue weighted by atomic mass is 35.5. The molecule has 1 aliphatic carbocycles. The molecular weight excluding hydrogens is 290 g/mol. The van der Waals surface area contributed by atoms with Crippen molar-refractivity contribution in [3.05, 3.63) is 23.2 Å². The standard InChI is InChI=1S/C15H22ClN3O2/c1-19(2)13-11(16)6-5-7-12(13)17-14(21)18-15(10-20)8-3-4-9-15/h5-7,20H,3-4,8-10H2,1-2H3,(H2,17,18,21). The number of anilines is 2. The van der Waals surface area contributed by atoms with Crippen LogP contribution in [0.1, 0.15) is 25.7 Å². The minimum absolute atomic E-state index is 0.0312. The first-order valence-electron chi connectivity index (χ1n) is 7.13. The second-order valence-corrected chi connectivity index (χ2v) is 6.16. The van der Waals surface area contributed by atoms with Crippen molar-refractivity contribution in [2.24, 2.45) is 0 Å². The Bertz CT molecular complexity index is 514. The molecule has 0 aromatic heterocycles. The van der Waals surface area contributed by atoms with Gasteiger partial charge in [0.2, 0.25) is 0 Å². The number of hydrogen-bond donors (Lipinski definition) is 3. The maximum atomic E-state index is 12.2. The van der Waals surface area contributed by atoms with Crippen molar-refractivity contribution >= 4 is 29.0 Å². The van der Waals surface area contributed by atoms with Crippen molar-refractivity contribution < 1.29 is 9.90 Å². The summed E-state index contributed by atoms with van der Waals surface area (Å²) in [5.74, 6) is 0. The zero-order valence-electron chi connectivity index (χ0n) is 12.4. The Labute approximate surface area is 130 Å². The smallest absolute Gasteiger partial charge is 0.319 e. The Hall–Kier alpha value is -1.46. The van der Waals surface area contributed by atoms with Crippen LogP contribution in [0, 0.1) is 0 Å². The summed E-state index contributed by atoms with van der Waals surface area (Å²) in [7, 11) is 3.74. The molecule has 6 heteroatoms. The minimum atomic E-state index is -0.485. The van der Waals surface area contributed by atoms with Gasteiger partial charge in [-0.3, -0.25) is 0 Å². The van der Waals surface area contributed by atoms with E-state index >= 15 is 0 Å². The molecule has 3 N–H and O–H groups in total. The average molecular weight is 312 g/mol. The van der Waals surface area contributed by atoms with E-state index in [1.54, 1.807) is 18.2 Å². The molecule has 2 rings (SSSR count). The van der Waals surface area contributed by atoms with Gasteiger partial charge in [-0.2, -0.15) is 0 Å². The molecule has 5 nitrogen and oxygen atoms in total. The van der Waals surface area contributed by atoms with Crippen molar-refractivity contribution in [1.82, 2.24) is 5.32 Å². The van der Waals surface area contributed by atoms with E-state index in [9.17, 15) is 9.90 Å². The number of benzene rings is 1. The van der Waals surface area contributed by atoms with Crippen LogP contribution in [0.15, 0.2) is 18.2 Å². The molecule has 0 unspecified atom stereocenters. The summed E-state index contributed by atoms with van der Waals surface area (Å²) in [6.45, 7) is -0.0312. The molecule has 0 spiro atoms. The van der Waals surface area contributed by atoms with E-state index in [0.717, 1.165) is 31.4 Å². The number of carbonyl (C=O) groups is 1. The molecule has 1 fully saturated rings. The first kappa shape index (κ1) is 15.9. The van der Waals surface area contributed by atoms with Gasteiger partial charge in [0, 0.05) is 14.1 Å². The Morgan fingerprint density at radius 2 is 2.05 bits per heavy atom. The lowest BCUT2D eigenvalue weighted by molar-refractivity contribution is 0.167. The van der Waals surface area contributed by atoms with Gasteiger partial charge < -0.3 is 20.6 Å². The molecular formula is C15H22ClN3O2. The number of aliphatic hydroxyl groups excluding tert-OH is 1. The van der Waals surface area contributed by atoms with Crippen LogP contribution in [-0.2, 0) is 0 Å². The third-order valence-corrected chi connectivity index (χ3v) is 4.23. The number of nitrogens with one attached hydrogen (secondary N) is 2. The number of carbonyl (C=O) groups excluding carboxylic acids is 1. The molecule has 0 bridgehead atoms. The molecule has 1 saturated carbocycles. The molecule has 116 valence electrons. The van der Waals surface area contributed by atoms with E-state index in [1.807, 2.05) is 19.0 Å². The number of halogens is 1. The molecule has 0 saturated heterocycles. The summed E-state index contributed by atoms with van der Waals surface area (Å²) in [6, 6.07) is 5.08. The summed E-state index contributed by atoms with van der Waals surface area (Å²) in [6.07, 6.45) is 3.68. The van der Waals surface area contributed by atoms with Crippen LogP contribution < -0.4 is 15.5 Å². The number of para-hydroxylation sites is 1. The van der Waals surface area contributed by atoms with Gasteiger partial charge in [-0.05, 0) is 25.0 Å². The quantitative estimate of drug-likeness (QED) is 0.801. The third kappa shape index (κ3) is 3.60. The van der Waals surface area contributed by atoms with Gasteiger partial charge in [-0.25, -0.2) is 4.79 Å². The predicted octanol–water partition coefficient (Wildman–Crippen LogP) is 2.83. The van der Waals surface area contributed by atoms with Gasteiger partial charge in [0.05, 0.1) is 28.5 Å².